The molecular weight excluding hydrogens is 341 g/mol. The molecule has 0 aliphatic rings. The van der Waals surface area contributed by atoms with E-state index in [9.17, 15) is 13.2 Å². The van der Waals surface area contributed by atoms with Crippen LogP contribution in [0.25, 0.3) is 11.1 Å². The first-order valence-electron chi connectivity index (χ1n) is 5.43. The molecule has 0 aliphatic heterocycles. The lowest BCUT2D eigenvalue weighted by atomic mass is 10.0. The minimum absolute atomic E-state index is 0.500. The zero-order valence-corrected chi connectivity index (χ0v) is 12.0. The van der Waals surface area contributed by atoms with Crippen molar-refractivity contribution in [1.29, 1.82) is 0 Å². The second-order valence-electron chi connectivity index (χ2n) is 4.06. The summed E-state index contributed by atoms with van der Waals surface area (Å²) in [4.78, 5) is 0. The van der Waals surface area contributed by atoms with Crippen molar-refractivity contribution in [3.63, 3.8) is 0 Å². The van der Waals surface area contributed by atoms with Crippen LogP contribution in [0.1, 0.15) is 11.1 Å². The highest BCUT2D eigenvalue weighted by Gasteiger charge is 2.30. The quantitative estimate of drug-likeness (QED) is 0.590. The van der Waals surface area contributed by atoms with Gasteiger partial charge in [-0.3, -0.25) is 0 Å². The molecule has 0 radical (unpaired) electrons. The van der Waals surface area contributed by atoms with Gasteiger partial charge in [0.1, 0.15) is 0 Å². The summed E-state index contributed by atoms with van der Waals surface area (Å²) in [7, 11) is 0. The van der Waals surface area contributed by atoms with E-state index in [1.54, 1.807) is 18.2 Å². The van der Waals surface area contributed by atoms with Crippen LogP contribution in [-0.2, 0) is 11.5 Å². The van der Waals surface area contributed by atoms with Crippen LogP contribution in [0.2, 0.25) is 5.02 Å². The van der Waals surface area contributed by atoms with Gasteiger partial charge in [0, 0.05) is 10.4 Å². The molecule has 0 N–H and O–H groups in total. The average molecular weight is 350 g/mol. The molecule has 0 spiro atoms. The number of alkyl halides is 4. The molecule has 2 aromatic carbocycles. The molecule has 0 saturated carbocycles. The summed E-state index contributed by atoms with van der Waals surface area (Å²) in [6.45, 7) is 0. The lowest BCUT2D eigenvalue weighted by molar-refractivity contribution is -0.137. The van der Waals surface area contributed by atoms with Crippen LogP contribution in [-0.4, -0.2) is 0 Å². The summed E-state index contributed by atoms with van der Waals surface area (Å²) in [6, 6.07) is 10.5. The van der Waals surface area contributed by atoms with Crippen molar-refractivity contribution in [1.82, 2.24) is 0 Å². The van der Waals surface area contributed by atoms with Crippen LogP contribution in [0.4, 0.5) is 13.2 Å². The number of rotatable bonds is 2. The number of halogens is 5. The van der Waals surface area contributed by atoms with Gasteiger partial charge in [-0.05, 0) is 41.0 Å². The standard InChI is InChI=1S/C14H9BrClF3/c15-8-9-4-11(7-13(16)5-9)10-2-1-3-12(6-10)14(17,18)19/h1-7H,8H2. The topological polar surface area (TPSA) is 0 Å². The van der Waals surface area contributed by atoms with Crippen LogP contribution in [0.3, 0.4) is 0 Å². The first-order chi connectivity index (χ1) is 8.90. The third-order valence-corrected chi connectivity index (χ3v) is 3.50. The minimum atomic E-state index is -4.34. The van der Waals surface area contributed by atoms with E-state index in [0.29, 0.717) is 21.5 Å². The molecule has 0 fully saturated rings. The molecule has 2 aromatic rings. The van der Waals surface area contributed by atoms with Gasteiger partial charge < -0.3 is 0 Å². The molecule has 5 heteroatoms. The molecule has 0 nitrogen and oxygen atoms in total. The van der Waals surface area contributed by atoms with Crippen molar-refractivity contribution in [3.05, 3.63) is 58.6 Å². The van der Waals surface area contributed by atoms with Crippen molar-refractivity contribution in [2.45, 2.75) is 11.5 Å². The van der Waals surface area contributed by atoms with Gasteiger partial charge in [-0.25, -0.2) is 0 Å². The Morgan fingerprint density at radius 2 is 1.74 bits per heavy atom. The van der Waals surface area contributed by atoms with E-state index in [-0.39, 0.29) is 0 Å². The number of hydrogen-bond acceptors (Lipinski definition) is 0. The summed E-state index contributed by atoms with van der Waals surface area (Å²) in [5.41, 5.74) is 1.43. The fraction of sp³-hybridized carbons (Fsp3) is 0.143. The Bertz CT molecular complexity index is 593. The Morgan fingerprint density at radius 3 is 2.37 bits per heavy atom. The third-order valence-electron chi connectivity index (χ3n) is 2.64. The lowest BCUT2D eigenvalue weighted by Gasteiger charge is -2.10. The fourth-order valence-electron chi connectivity index (χ4n) is 1.77. The Balaban J connectivity index is 2.50. The first-order valence-corrected chi connectivity index (χ1v) is 6.93. The van der Waals surface area contributed by atoms with Gasteiger partial charge in [0.05, 0.1) is 5.56 Å². The molecule has 0 heterocycles. The first kappa shape index (κ1) is 14.4. The van der Waals surface area contributed by atoms with Crippen LogP contribution in [0, 0.1) is 0 Å². The Hall–Kier alpha value is -1.000. The second-order valence-corrected chi connectivity index (χ2v) is 5.06. The normalized spacial score (nSPS) is 11.6. The van der Waals surface area contributed by atoms with Gasteiger partial charge in [-0.15, -0.1) is 0 Å². The zero-order valence-electron chi connectivity index (χ0n) is 9.64. The molecule has 0 amide bonds. The van der Waals surface area contributed by atoms with Gasteiger partial charge in [0.15, 0.2) is 0 Å². The molecule has 19 heavy (non-hydrogen) atoms. The molecule has 0 bridgehead atoms. The van der Waals surface area contributed by atoms with Crippen molar-refractivity contribution in [3.8, 4) is 11.1 Å². The molecular formula is C14H9BrClF3. The summed E-state index contributed by atoms with van der Waals surface area (Å²) in [6.07, 6.45) is -4.34. The highest BCUT2D eigenvalue weighted by Crippen LogP contribution is 2.33. The maximum Gasteiger partial charge on any atom is 0.416 e. The summed E-state index contributed by atoms with van der Waals surface area (Å²) in [5, 5.41) is 1.10. The van der Waals surface area contributed by atoms with Crippen molar-refractivity contribution in [2.75, 3.05) is 0 Å². The Kier molecular flexibility index (Phi) is 4.21. The van der Waals surface area contributed by atoms with E-state index in [2.05, 4.69) is 15.9 Å². The lowest BCUT2D eigenvalue weighted by Crippen LogP contribution is -2.04. The summed E-state index contributed by atoms with van der Waals surface area (Å²) >= 11 is 9.27. The predicted molar refractivity (Wildman–Crippen MR) is 74.5 cm³/mol. The van der Waals surface area contributed by atoms with Crippen LogP contribution >= 0.6 is 27.5 Å². The Morgan fingerprint density at radius 1 is 1.00 bits per heavy atom. The molecule has 0 aromatic heterocycles. The largest absolute Gasteiger partial charge is 0.416 e. The smallest absolute Gasteiger partial charge is 0.166 e. The second kappa shape index (κ2) is 5.55. The fourth-order valence-corrected chi connectivity index (χ4v) is 2.35. The predicted octanol–water partition coefficient (Wildman–Crippen LogP) is 5.92. The van der Waals surface area contributed by atoms with E-state index < -0.39 is 11.7 Å². The zero-order chi connectivity index (χ0) is 14.0. The van der Waals surface area contributed by atoms with Crippen LogP contribution in [0.5, 0.6) is 0 Å². The van der Waals surface area contributed by atoms with Gasteiger partial charge in [-0.1, -0.05) is 45.7 Å². The molecule has 0 saturated heterocycles. The molecule has 100 valence electrons. The van der Waals surface area contributed by atoms with E-state index in [0.717, 1.165) is 17.7 Å². The summed E-state index contributed by atoms with van der Waals surface area (Å²) in [5.74, 6) is 0. The van der Waals surface area contributed by atoms with Crippen molar-refractivity contribution >= 4 is 27.5 Å². The van der Waals surface area contributed by atoms with E-state index >= 15 is 0 Å². The molecule has 0 atom stereocenters. The van der Waals surface area contributed by atoms with E-state index in [4.69, 9.17) is 11.6 Å². The number of benzene rings is 2. The van der Waals surface area contributed by atoms with Crippen molar-refractivity contribution in [2.24, 2.45) is 0 Å². The number of hydrogen-bond donors (Lipinski definition) is 0. The van der Waals surface area contributed by atoms with E-state index in [1.807, 2.05) is 6.07 Å². The average Bonchev–Trinajstić information content (AvgIpc) is 2.37. The molecule has 0 unspecified atom stereocenters. The van der Waals surface area contributed by atoms with E-state index in [1.165, 1.54) is 6.07 Å². The maximum atomic E-state index is 12.7. The van der Waals surface area contributed by atoms with Crippen LogP contribution in [0.15, 0.2) is 42.5 Å². The molecule has 0 aliphatic carbocycles. The highest BCUT2D eigenvalue weighted by atomic mass is 79.9. The highest BCUT2D eigenvalue weighted by molar-refractivity contribution is 9.08. The maximum absolute atomic E-state index is 12.7. The van der Waals surface area contributed by atoms with Gasteiger partial charge >= 0.3 is 6.18 Å². The molecule has 2 rings (SSSR count). The van der Waals surface area contributed by atoms with Crippen LogP contribution < -0.4 is 0 Å². The summed E-state index contributed by atoms with van der Waals surface area (Å²) < 4.78 is 38.0. The van der Waals surface area contributed by atoms with Gasteiger partial charge in [-0.2, -0.15) is 13.2 Å². The SMILES string of the molecule is FC(F)(F)c1cccc(-c2cc(Cl)cc(CBr)c2)c1. The minimum Gasteiger partial charge on any atom is -0.166 e. The monoisotopic (exact) mass is 348 g/mol. The Labute approximate surface area is 122 Å². The van der Waals surface area contributed by atoms with Gasteiger partial charge in [0.25, 0.3) is 0 Å². The third kappa shape index (κ3) is 3.51. The van der Waals surface area contributed by atoms with Gasteiger partial charge in [0.2, 0.25) is 0 Å². The van der Waals surface area contributed by atoms with Crippen molar-refractivity contribution < 1.29 is 13.2 Å².